The van der Waals surface area contributed by atoms with Gasteiger partial charge in [-0.25, -0.2) is 0 Å². The zero-order chi connectivity index (χ0) is 13.9. The Kier molecular flexibility index (Phi) is 2.26. The van der Waals surface area contributed by atoms with Gasteiger partial charge in [0.05, 0.1) is 11.1 Å². The molecule has 1 amide bonds. The molecule has 0 aliphatic carbocycles. The van der Waals surface area contributed by atoms with Gasteiger partial charge in [0.25, 0.3) is 5.91 Å². The van der Waals surface area contributed by atoms with E-state index in [1.165, 1.54) is 5.01 Å². The lowest BCUT2D eigenvalue weighted by Gasteiger charge is -2.49. The summed E-state index contributed by atoms with van der Waals surface area (Å²) in [5.41, 5.74) is 0.719. The number of hydrogen-bond acceptors (Lipinski definition) is 5. The maximum absolute atomic E-state index is 12.5. The van der Waals surface area contributed by atoms with E-state index in [2.05, 4.69) is 0 Å². The summed E-state index contributed by atoms with van der Waals surface area (Å²) in [4.78, 5) is 24.7. The molecule has 3 heterocycles. The van der Waals surface area contributed by atoms with Crippen LogP contribution in [0.25, 0.3) is 0 Å². The van der Waals surface area contributed by atoms with Gasteiger partial charge in [-0.1, -0.05) is 12.1 Å². The van der Waals surface area contributed by atoms with Crippen molar-refractivity contribution in [2.24, 2.45) is 0 Å². The average Bonchev–Trinajstić information content (AvgIpc) is 2.68. The Hall–Kier alpha value is -1.92. The van der Waals surface area contributed by atoms with Gasteiger partial charge in [-0.05, 0) is 31.4 Å². The SMILES string of the molecule is O=C1O[C@@]2(O)c3ccccc3C(=O)N2N2CCCC[C@@H]12. The summed E-state index contributed by atoms with van der Waals surface area (Å²) in [6.45, 7) is 0.571. The van der Waals surface area contributed by atoms with Crippen LogP contribution in [0.3, 0.4) is 0 Å². The topological polar surface area (TPSA) is 70.1 Å². The Labute approximate surface area is 115 Å². The normalized spacial score (nSPS) is 32.5. The minimum Gasteiger partial charge on any atom is -0.407 e. The van der Waals surface area contributed by atoms with E-state index in [1.807, 2.05) is 0 Å². The van der Waals surface area contributed by atoms with E-state index in [0.29, 0.717) is 24.1 Å². The van der Waals surface area contributed by atoms with Gasteiger partial charge in [-0.15, -0.1) is 0 Å². The van der Waals surface area contributed by atoms with Gasteiger partial charge < -0.3 is 9.84 Å². The van der Waals surface area contributed by atoms with Crippen LogP contribution in [0.2, 0.25) is 0 Å². The molecule has 1 aromatic rings. The standard InChI is InChI=1S/C14H14N2O4/c17-12-9-5-1-2-6-10(9)14(19)16(12)15-8-4-3-7-11(15)13(18)20-14/h1-2,5-6,11,19H,3-4,7-8H2/t11-,14-/m0/s1. The molecule has 0 spiro atoms. The number of piperidine rings is 1. The third-order valence-corrected chi connectivity index (χ3v) is 4.23. The highest BCUT2D eigenvalue weighted by atomic mass is 16.7. The predicted octanol–water partition coefficient (Wildman–Crippen LogP) is 0.571. The van der Waals surface area contributed by atoms with Crippen molar-refractivity contribution < 1.29 is 19.4 Å². The predicted molar refractivity (Wildman–Crippen MR) is 66.9 cm³/mol. The van der Waals surface area contributed by atoms with Gasteiger partial charge in [-0.2, -0.15) is 10.0 Å². The molecular weight excluding hydrogens is 260 g/mol. The number of esters is 1. The largest absolute Gasteiger partial charge is 0.407 e. The fourth-order valence-electron chi connectivity index (χ4n) is 3.31. The molecule has 0 unspecified atom stereocenters. The second-order valence-electron chi connectivity index (χ2n) is 5.37. The third-order valence-electron chi connectivity index (χ3n) is 4.23. The maximum atomic E-state index is 12.5. The van der Waals surface area contributed by atoms with E-state index in [4.69, 9.17) is 4.74 Å². The second-order valence-corrected chi connectivity index (χ2v) is 5.37. The van der Waals surface area contributed by atoms with Gasteiger partial charge in [0.2, 0.25) is 0 Å². The Bertz CT molecular complexity index is 617. The molecule has 0 radical (unpaired) electrons. The molecular formula is C14H14N2O4. The highest BCUT2D eigenvalue weighted by Crippen LogP contribution is 2.44. The van der Waals surface area contributed by atoms with Crippen LogP contribution in [0.4, 0.5) is 0 Å². The first-order chi connectivity index (χ1) is 9.63. The summed E-state index contributed by atoms with van der Waals surface area (Å²) in [7, 11) is 0. The lowest BCUT2D eigenvalue weighted by atomic mass is 10.0. The fraction of sp³-hybridized carbons (Fsp3) is 0.429. The van der Waals surface area contributed by atoms with Crippen LogP contribution in [0.15, 0.2) is 24.3 Å². The van der Waals surface area contributed by atoms with Crippen LogP contribution in [0.1, 0.15) is 35.2 Å². The summed E-state index contributed by atoms with van der Waals surface area (Å²) in [5, 5.41) is 13.6. The highest BCUT2D eigenvalue weighted by molar-refractivity contribution is 6.00. The van der Waals surface area contributed by atoms with Gasteiger partial charge in [0.15, 0.2) is 0 Å². The molecule has 6 heteroatoms. The molecule has 20 heavy (non-hydrogen) atoms. The molecule has 0 bridgehead atoms. The molecule has 2 saturated heterocycles. The van der Waals surface area contributed by atoms with Crippen molar-refractivity contribution in [2.75, 3.05) is 6.54 Å². The first kappa shape index (κ1) is 11.9. The second kappa shape index (κ2) is 3.80. The smallest absolute Gasteiger partial charge is 0.340 e. The van der Waals surface area contributed by atoms with Gasteiger partial charge in [0, 0.05) is 6.54 Å². The maximum Gasteiger partial charge on any atom is 0.340 e. The molecule has 1 N–H and O–H groups in total. The van der Waals surface area contributed by atoms with E-state index in [9.17, 15) is 14.7 Å². The van der Waals surface area contributed by atoms with Crippen molar-refractivity contribution in [3.05, 3.63) is 35.4 Å². The molecule has 4 rings (SSSR count). The molecule has 6 nitrogen and oxygen atoms in total. The number of carbonyl (C=O) groups excluding carboxylic acids is 2. The van der Waals surface area contributed by atoms with Crippen LogP contribution >= 0.6 is 0 Å². The van der Waals surface area contributed by atoms with Crippen molar-refractivity contribution in [2.45, 2.75) is 31.2 Å². The van der Waals surface area contributed by atoms with E-state index in [-0.39, 0.29) is 5.91 Å². The quantitative estimate of drug-likeness (QED) is 0.700. The Morgan fingerprint density at radius 3 is 2.90 bits per heavy atom. The van der Waals surface area contributed by atoms with Crippen LogP contribution in [-0.4, -0.2) is 39.6 Å². The number of benzene rings is 1. The van der Waals surface area contributed by atoms with Crippen LogP contribution < -0.4 is 0 Å². The molecule has 0 saturated carbocycles. The number of hydrogen-bond donors (Lipinski definition) is 1. The molecule has 2 fully saturated rings. The Morgan fingerprint density at radius 2 is 2.05 bits per heavy atom. The summed E-state index contributed by atoms with van der Waals surface area (Å²) in [6, 6.07) is 6.23. The molecule has 104 valence electrons. The number of rotatable bonds is 0. The molecule has 3 aliphatic heterocycles. The van der Waals surface area contributed by atoms with Crippen molar-refractivity contribution in [3.63, 3.8) is 0 Å². The van der Waals surface area contributed by atoms with Gasteiger partial charge in [-0.3, -0.25) is 9.59 Å². The number of ether oxygens (including phenoxy) is 1. The molecule has 0 aromatic heterocycles. The number of fused-ring (bicyclic) bond motifs is 5. The van der Waals surface area contributed by atoms with Gasteiger partial charge in [0.1, 0.15) is 6.04 Å². The minimum absolute atomic E-state index is 0.317. The van der Waals surface area contributed by atoms with Crippen molar-refractivity contribution in [1.29, 1.82) is 0 Å². The average molecular weight is 274 g/mol. The minimum atomic E-state index is -1.99. The highest BCUT2D eigenvalue weighted by Gasteiger charge is 2.60. The Morgan fingerprint density at radius 1 is 1.25 bits per heavy atom. The third kappa shape index (κ3) is 1.30. The lowest BCUT2D eigenvalue weighted by Crippen LogP contribution is -2.67. The van der Waals surface area contributed by atoms with Crippen LogP contribution in [-0.2, 0) is 15.4 Å². The first-order valence-corrected chi connectivity index (χ1v) is 6.79. The summed E-state index contributed by atoms with van der Waals surface area (Å²) < 4.78 is 5.24. The molecule has 1 aromatic carbocycles. The number of carbonyl (C=O) groups is 2. The number of aliphatic hydroxyl groups is 1. The van der Waals surface area contributed by atoms with E-state index in [0.717, 1.165) is 12.8 Å². The zero-order valence-electron chi connectivity index (χ0n) is 10.8. The molecule has 3 aliphatic rings. The summed E-state index contributed by atoms with van der Waals surface area (Å²) >= 11 is 0. The molecule has 2 atom stereocenters. The number of hydrazine groups is 1. The zero-order valence-corrected chi connectivity index (χ0v) is 10.8. The Balaban J connectivity index is 1.87. The first-order valence-electron chi connectivity index (χ1n) is 6.79. The number of nitrogens with zero attached hydrogens (tertiary/aromatic N) is 2. The fourth-order valence-corrected chi connectivity index (χ4v) is 3.31. The van der Waals surface area contributed by atoms with E-state index in [1.54, 1.807) is 29.3 Å². The van der Waals surface area contributed by atoms with Crippen molar-refractivity contribution >= 4 is 11.9 Å². The van der Waals surface area contributed by atoms with E-state index < -0.39 is 17.9 Å². The van der Waals surface area contributed by atoms with Crippen molar-refractivity contribution in [1.82, 2.24) is 10.0 Å². The lowest BCUT2D eigenvalue weighted by molar-refractivity contribution is -0.346. The van der Waals surface area contributed by atoms with E-state index >= 15 is 0 Å². The van der Waals surface area contributed by atoms with Gasteiger partial charge >= 0.3 is 11.9 Å². The summed E-state index contributed by atoms with van der Waals surface area (Å²) in [5.74, 6) is -2.77. The monoisotopic (exact) mass is 274 g/mol. The van der Waals surface area contributed by atoms with Crippen LogP contribution in [0.5, 0.6) is 0 Å². The number of amides is 1. The van der Waals surface area contributed by atoms with Crippen LogP contribution in [0, 0.1) is 0 Å². The van der Waals surface area contributed by atoms with Crippen molar-refractivity contribution in [3.8, 4) is 0 Å². The summed E-state index contributed by atoms with van der Waals surface area (Å²) in [6.07, 6.45) is 2.46.